The fraction of sp³-hybridized carbons (Fsp3) is 0.0952. The number of carbonyl (C=O) groups excluding carboxylic acids is 1. The Hall–Kier alpha value is -3.89. The highest BCUT2D eigenvalue weighted by Crippen LogP contribution is 2.47. The third-order valence-corrected chi connectivity index (χ3v) is 4.20. The van der Waals surface area contributed by atoms with Crippen LogP contribution in [0.5, 0.6) is 28.7 Å². The molecule has 0 radical (unpaired) electrons. The highest BCUT2D eigenvalue weighted by atomic mass is 19.4. The van der Waals surface area contributed by atoms with Crippen molar-refractivity contribution in [2.75, 3.05) is 5.73 Å². The van der Waals surface area contributed by atoms with E-state index >= 15 is 0 Å². The van der Waals surface area contributed by atoms with Gasteiger partial charge in [-0.05, 0) is 29.8 Å². The van der Waals surface area contributed by atoms with Gasteiger partial charge in [-0.2, -0.15) is 22.0 Å². The van der Waals surface area contributed by atoms with Gasteiger partial charge in [-0.25, -0.2) is 4.39 Å². The van der Waals surface area contributed by atoms with E-state index in [0.29, 0.717) is 11.8 Å². The molecule has 0 spiro atoms. The van der Waals surface area contributed by atoms with Crippen LogP contribution in [0.2, 0.25) is 0 Å². The molecule has 32 heavy (non-hydrogen) atoms. The molecule has 0 unspecified atom stereocenters. The SMILES string of the molecule is Nc1ccc(Oc2c(F)c(F)c(C(F)(F)F)c(Oc3ccc(CC=O)cc3)c2F)cc1O. The summed E-state index contributed by atoms with van der Waals surface area (Å²) in [5.74, 6) is -11.2. The maximum Gasteiger partial charge on any atom is 0.423 e. The number of rotatable bonds is 6. The second kappa shape index (κ2) is 8.69. The smallest absolute Gasteiger partial charge is 0.423 e. The maximum atomic E-state index is 15.0. The molecule has 3 aromatic carbocycles. The summed E-state index contributed by atoms with van der Waals surface area (Å²) in [6.45, 7) is 0. The van der Waals surface area contributed by atoms with Crippen molar-refractivity contribution in [1.82, 2.24) is 0 Å². The number of ether oxygens (including phenoxy) is 2. The number of hydrogen-bond donors (Lipinski definition) is 2. The zero-order valence-electron chi connectivity index (χ0n) is 15.8. The van der Waals surface area contributed by atoms with Crippen molar-refractivity contribution in [3.63, 3.8) is 0 Å². The van der Waals surface area contributed by atoms with Crippen molar-refractivity contribution in [3.8, 4) is 28.7 Å². The normalized spacial score (nSPS) is 11.3. The summed E-state index contributed by atoms with van der Waals surface area (Å²) in [5.41, 5.74) is 3.46. The topological polar surface area (TPSA) is 81.8 Å². The Bertz CT molecular complexity index is 1160. The first-order valence-corrected chi connectivity index (χ1v) is 8.77. The number of anilines is 1. The number of halogens is 6. The Balaban J connectivity index is 2.12. The number of benzene rings is 3. The minimum absolute atomic E-state index is 0.0139. The van der Waals surface area contributed by atoms with Crippen LogP contribution < -0.4 is 15.2 Å². The van der Waals surface area contributed by atoms with Crippen LogP contribution in [0.1, 0.15) is 11.1 Å². The van der Waals surface area contributed by atoms with Crippen molar-refractivity contribution in [3.05, 3.63) is 71.0 Å². The summed E-state index contributed by atoms with van der Waals surface area (Å²) in [6.07, 6.45) is -4.91. The van der Waals surface area contributed by atoms with Crippen molar-refractivity contribution in [1.29, 1.82) is 0 Å². The lowest BCUT2D eigenvalue weighted by Gasteiger charge is -2.19. The average molecular weight is 457 g/mol. The fourth-order valence-corrected chi connectivity index (χ4v) is 2.67. The molecule has 0 aliphatic heterocycles. The molecule has 0 aromatic heterocycles. The van der Waals surface area contributed by atoms with Gasteiger partial charge in [0.05, 0.1) is 5.69 Å². The van der Waals surface area contributed by atoms with Gasteiger partial charge in [0.25, 0.3) is 0 Å². The number of nitrogens with two attached hydrogens (primary N) is 1. The summed E-state index contributed by atoms with van der Waals surface area (Å²) in [5, 5.41) is 9.57. The maximum absolute atomic E-state index is 15.0. The largest absolute Gasteiger partial charge is 0.506 e. The second-order valence-corrected chi connectivity index (χ2v) is 6.41. The molecule has 0 saturated heterocycles. The summed E-state index contributed by atoms with van der Waals surface area (Å²) in [4.78, 5) is 10.5. The summed E-state index contributed by atoms with van der Waals surface area (Å²) < 4.78 is 93.7. The molecule has 3 aromatic rings. The number of phenols is 1. The first-order chi connectivity index (χ1) is 15.0. The van der Waals surface area contributed by atoms with Crippen LogP contribution in [0.4, 0.5) is 32.0 Å². The summed E-state index contributed by atoms with van der Waals surface area (Å²) in [7, 11) is 0. The van der Waals surface area contributed by atoms with Gasteiger partial charge in [0, 0.05) is 12.5 Å². The van der Waals surface area contributed by atoms with Gasteiger partial charge >= 0.3 is 6.18 Å². The first kappa shape index (κ1) is 22.8. The minimum atomic E-state index is -5.52. The molecular formula is C21H13F6NO4. The van der Waals surface area contributed by atoms with Crippen LogP contribution in [-0.4, -0.2) is 11.4 Å². The Labute approximate surface area is 176 Å². The van der Waals surface area contributed by atoms with E-state index in [1.807, 2.05) is 0 Å². The number of hydrogen-bond acceptors (Lipinski definition) is 5. The van der Waals surface area contributed by atoms with E-state index in [0.717, 1.165) is 30.3 Å². The van der Waals surface area contributed by atoms with Crippen LogP contribution in [0, 0.1) is 17.5 Å². The van der Waals surface area contributed by atoms with Crippen LogP contribution in [0.3, 0.4) is 0 Å². The highest BCUT2D eigenvalue weighted by Gasteiger charge is 2.43. The highest BCUT2D eigenvalue weighted by molar-refractivity contribution is 5.57. The van der Waals surface area contributed by atoms with Crippen LogP contribution in [0.25, 0.3) is 0 Å². The monoisotopic (exact) mass is 457 g/mol. The third-order valence-electron chi connectivity index (χ3n) is 4.20. The van der Waals surface area contributed by atoms with Gasteiger partial charge < -0.3 is 25.1 Å². The lowest BCUT2D eigenvalue weighted by Crippen LogP contribution is -2.14. The van der Waals surface area contributed by atoms with Crippen molar-refractivity contribution < 1.29 is 45.7 Å². The molecular weight excluding hydrogens is 444 g/mol. The third kappa shape index (κ3) is 4.56. The molecule has 0 aliphatic carbocycles. The minimum Gasteiger partial charge on any atom is -0.506 e. The molecule has 3 rings (SSSR count). The molecule has 5 nitrogen and oxygen atoms in total. The molecule has 0 bridgehead atoms. The Morgan fingerprint density at radius 2 is 1.47 bits per heavy atom. The lowest BCUT2D eigenvalue weighted by atomic mass is 10.1. The Morgan fingerprint density at radius 1 is 0.875 bits per heavy atom. The number of phenolic OH excluding ortho intramolecular Hbond substituents is 1. The van der Waals surface area contributed by atoms with Gasteiger partial charge in [0.2, 0.25) is 17.4 Å². The van der Waals surface area contributed by atoms with Gasteiger partial charge in [-0.15, -0.1) is 0 Å². The van der Waals surface area contributed by atoms with Crippen LogP contribution >= 0.6 is 0 Å². The molecule has 0 amide bonds. The number of carbonyl (C=O) groups is 1. The zero-order valence-corrected chi connectivity index (χ0v) is 15.8. The van der Waals surface area contributed by atoms with E-state index in [9.17, 15) is 36.2 Å². The first-order valence-electron chi connectivity index (χ1n) is 8.77. The zero-order chi connectivity index (χ0) is 23.6. The quantitative estimate of drug-likeness (QED) is 0.162. The van der Waals surface area contributed by atoms with Gasteiger partial charge in [0.15, 0.2) is 11.6 Å². The molecule has 3 N–H and O–H groups in total. The second-order valence-electron chi connectivity index (χ2n) is 6.41. The van der Waals surface area contributed by atoms with E-state index in [-0.39, 0.29) is 17.9 Å². The standard InChI is InChI=1S/C21H13F6NO4/c22-16-15(21(25,26)27)19(31-11-3-1-10(2-4-11)7-8-29)18(24)20(17(16)23)32-12-5-6-13(28)14(30)9-12/h1-6,8-9,30H,7,28H2. The number of aldehydes is 1. The molecule has 11 heteroatoms. The molecule has 168 valence electrons. The summed E-state index contributed by atoms with van der Waals surface area (Å²) in [6, 6.07) is 7.87. The van der Waals surface area contributed by atoms with Crippen molar-refractivity contribution in [2.24, 2.45) is 0 Å². The van der Waals surface area contributed by atoms with E-state index in [2.05, 4.69) is 0 Å². The van der Waals surface area contributed by atoms with Crippen molar-refractivity contribution in [2.45, 2.75) is 12.6 Å². The Kier molecular flexibility index (Phi) is 6.19. The van der Waals surface area contributed by atoms with Crippen molar-refractivity contribution >= 4 is 12.0 Å². The number of nitrogen functional groups attached to an aromatic ring is 1. The number of aromatic hydroxyl groups is 1. The molecule has 0 fully saturated rings. The van der Waals surface area contributed by atoms with E-state index in [1.54, 1.807) is 0 Å². The van der Waals surface area contributed by atoms with E-state index in [1.165, 1.54) is 12.1 Å². The predicted molar refractivity (Wildman–Crippen MR) is 100 cm³/mol. The van der Waals surface area contributed by atoms with Crippen LogP contribution in [0.15, 0.2) is 42.5 Å². The lowest BCUT2D eigenvalue weighted by molar-refractivity contribution is -0.141. The molecule has 0 aliphatic rings. The van der Waals surface area contributed by atoms with E-state index < -0.39 is 52.2 Å². The fourth-order valence-electron chi connectivity index (χ4n) is 2.67. The number of alkyl halides is 3. The van der Waals surface area contributed by atoms with Gasteiger partial charge in [-0.1, -0.05) is 12.1 Å². The van der Waals surface area contributed by atoms with Gasteiger partial charge in [0.1, 0.15) is 29.1 Å². The summed E-state index contributed by atoms with van der Waals surface area (Å²) >= 11 is 0. The van der Waals surface area contributed by atoms with E-state index in [4.69, 9.17) is 15.2 Å². The molecule has 0 heterocycles. The predicted octanol–water partition coefficient (Wildman–Crippen LogP) is 5.74. The Morgan fingerprint density at radius 3 is 2.03 bits per heavy atom. The molecule has 0 saturated carbocycles. The molecule has 0 atom stereocenters. The average Bonchev–Trinajstić information content (AvgIpc) is 2.72. The van der Waals surface area contributed by atoms with Crippen LogP contribution in [-0.2, 0) is 17.4 Å². The van der Waals surface area contributed by atoms with Gasteiger partial charge in [-0.3, -0.25) is 0 Å².